The molecule has 0 fully saturated rings. The number of amides is 1. The lowest BCUT2D eigenvalue weighted by Gasteiger charge is -2.16. The number of carbonyl (C=O) groups is 1. The Morgan fingerprint density at radius 1 is 1.05 bits per heavy atom. The molecule has 21 heavy (non-hydrogen) atoms. The molecule has 0 saturated heterocycles. The molecule has 0 aliphatic heterocycles. The number of benzene rings is 1. The third-order valence-electron chi connectivity index (χ3n) is 3.27. The van der Waals surface area contributed by atoms with Gasteiger partial charge in [0.15, 0.2) is 11.5 Å². The molecule has 0 bridgehead atoms. The molecule has 0 aliphatic rings. The third kappa shape index (κ3) is 4.85. The maximum Gasteiger partial charge on any atom is 0.220 e. The SMILES string of the molecule is CCCCCC(=O)NCc1ccc(OC)c(OC)c1OC. The van der Waals surface area contributed by atoms with Gasteiger partial charge in [0.1, 0.15) is 0 Å². The zero-order valence-electron chi connectivity index (χ0n) is 13.3. The Morgan fingerprint density at radius 3 is 2.33 bits per heavy atom. The van der Waals surface area contributed by atoms with Crippen molar-refractivity contribution in [1.29, 1.82) is 0 Å². The molecule has 1 aromatic carbocycles. The van der Waals surface area contributed by atoms with Crippen LogP contribution < -0.4 is 19.5 Å². The summed E-state index contributed by atoms with van der Waals surface area (Å²) in [4.78, 5) is 11.8. The van der Waals surface area contributed by atoms with E-state index in [0.29, 0.717) is 30.2 Å². The van der Waals surface area contributed by atoms with Crippen LogP contribution in [0.2, 0.25) is 0 Å². The van der Waals surface area contributed by atoms with Crippen molar-refractivity contribution < 1.29 is 19.0 Å². The smallest absolute Gasteiger partial charge is 0.220 e. The Bertz CT molecular complexity index is 460. The molecule has 0 saturated carbocycles. The number of nitrogens with one attached hydrogen (secondary N) is 1. The van der Waals surface area contributed by atoms with Crippen LogP contribution in [-0.2, 0) is 11.3 Å². The molecule has 5 nitrogen and oxygen atoms in total. The second kappa shape index (κ2) is 9.10. The minimum Gasteiger partial charge on any atom is -0.493 e. The normalized spacial score (nSPS) is 10.1. The number of unbranched alkanes of at least 4 members (excludes halogenated alkanes) is 2. The first-order valence-corrected chi connectivity index (χ1v) is 7.22. The monoisotopic (exact) mass is 295 g/mol. The van der Waals surface area contributed by atoms with Gasteiger partial charge in [-0.15, -0.1) is 0 Å². The summed E-state index contributed by atoms with van der Waals surface area (Å²) in [7, 11) is 4.71. The third-order valence-corrected chi connectivity index (χ3v) is 3.27. The summed E-state index contributed by atoms with van der Waals surface area (Å²) < 4.78 is 15.9. The first-order valence-electron chi connectivity index (χ1n) is 7.22. The van der Waals surface area contributed by atoms with E-state index in [0.717, 1.165) is 24.8 Å². The fourth-order valence-electron chi connectivity index (χ4n) is 2.12. The number of hydrogen-bond donors (Lipinski definition) is 1. The largest absolute Gasteiger partial charge is 0.493 e. The average Bonchev–Trinajstić information content (AvgIpc) is 2.51. The van der Waals surface area contributed by atoms with Crippen LogP contribution in [0, 0.1) is 0 Å². The second-order valence-corrected chi connectivity index (χ2v) is 4.73. The predicted molar refractivity (Wildman–Crippen MR) is 82.1 cm³/mol. The maximum absolute atomic E-state index is 11.8. The van der Waals surface area contributed by atoms with Gasteiger partial charge in [-0.05, 0) is 18.6 Å². The summed E-state index contributed by atoms with van der Waals surface area (Å²) in [6.07, 6.45) is 3.67. The number of methoxy groups -OCH3 is 3. The molecule has 1 rings (SSSR count). The van der Waals surface area contributed by atoms with E-state index in [-0.39, 0.29) is 5.91 Å². The molecule has 1 aromatic rings. The Kier molecular flexibility index (Phi) is 7.43. The molecule has 0 unspecified atom stereocenters. The lowest BCUT2D eigenvalue weighted by molar-refractivity contribution is -0.121. The first kappa shape index (κ1) is 17.1. The fraction of sp³-hybridized carbons (Fsp3) is 0.562. The Labute approximate surface area is 126 Å². The predicted octanol–water partition coefficient (Wildman–Crippen LogP) is 2.91. The highest BCUT2D eigenvalue weighted by Gasteiger charge is 2.16. The van der Waals surface area contributed by atoms with Gasteiger partial charge in [0.25, 0.3) is 0 Å². The van der Waals surface area contributed by atoms with Crippen LogP contribution >= 0.6 is 0 Å². The van der Waals surface area contributed by atoms with Crippen LogP contribution in [0.25, 0.3) is 0 Å². The Morgan fingerprint density at radius 2 is 1.76 bits per heavy atom. The summed E-state index contributed by atoms with van der Waals surface area (Å²) in [6.45, 7) is 2.53. The van der Waals surface area contributed by atoms with E-state index in [1.807, 2.05) is 6.07 Å². The molecule has 0 heterocycles. The highest BCUT2D eigenvalue weighted by Crippen LogP contribution is 2.39. The molecule has 0 aliphatic carbocycles. The van der Waals surface area contributed by atoms with Crippen LogP contribution in [-0.4, -0.2) is 27.2 Å². The molecule has 5 heteroatoms. The van der Waals surface area contributed by atoms with Crippen LogP contribution in [0.4, 0.5) is 0 Å². The van der Waals surface area contributed by atoms with E-state index in [9.17, 15) is 4.79 Å². The van der Waals surface area contributed by atoms with Gasteiger partial charge >= 0.3 is 0 Å². The fourth-order valence-corrected chi connectivity index (χ4v) is 2.12. The van der Waals surface area contributed by atoms with Crippen LogP contribution in [0.15, 0.2) is 12.1 Å². The summed E-state index contributed by atoms with van der Waals surface area (Å²) in [6, 6.07) is 3.67. The highest BCUT2D eigenvalue weighted by atomic mass is 16.5. The van der Waals surface area contributed by atoms with Crippen molar-refractivity contribution in [2.45, 2.75) is 39.2 Å². The minimum absolute atomic E-state index is 0.0558. The lowest BCUT2D eigenvalue weighted by atomic mass is 10.1. The Hall–Kier alpha value is -1.91. The van der Waals surface area contributed by atoms with Gasteiger partial charge in [-0.2, -0.15) is 0 Å². The van der Waals surface area contributed by atoms with E-state index < -0.39 is 0 Å². The van der Waals surface area contributed by atoms with Crippen LogP contribution in [0.1, 0.15) is 38.2 Å². The summed E-state index contributed by atoms with van der Waals surface area (Å²) in [5.74, 6) is 1.79. The highest BCUT2D eigenvalue weighted by molar-refractivity contribution is 5.76. The molecular formula is C16H25NO4. The molecular weight excluding hydrogens is 270 g/mol. The van der Waals surface area contributed by atoms with Crippen molar-refractivity contribution >= 4 is 5.91 Å². The van der Waals surface area contributed by atoms with Gasteiger partial charge in [0.05, 0.1) is 21.3 Å². The van der Waals surface area contributed by atoms with E-state index in [1.165, 1.54) is 0 Å². The molecule has 118 valence electrons. The van der Waals surface area contributed by atoms with E-state index in [1.54, 1.807) is 27.4 Å². The van der Waals surface area contributed by atoms with Crippen molar-refractivity contribution in [1.82, 2.24) is 5.32 Å². The maximum atomic E-state index is 11.8. The van der Waals surface area contributed by atoms with Gasteiger partial charge in [0.2, 0.25) is 11.7 Å². The number of ether oxygens (including phenoxy) is 3. The zero-order valence-corrected chi connectivity index (χ0v) is 13.3. The Balaban J connectivity index is 2.72. The van der Waals surface area contributed by atoms with Crippen molar-refractivity contribution in [3.8, 4) is 17.2 Å². The van der Waals surface area contributed by atoms with Gasteiger partial charge in [-0.3, -0.25) is 4.79 Å². The summed E-state index contributed by atoms with van der Waals surface area (Å²) in [5, 5.41) is 2.91. The first-order chi connectivity index (χ1) is 10.2. The zero-order chi connectivity index (χ0) is 15.7. The van der Waals surface area contributed by atoms with E-state index in [4.69, 9.17) is 14.2 Å². The lowest BCUT2D eigenvalue weighted by Crippen LogP contribution is -2.22. The van der Waals surface area contributed by atoms with Crippen LogP contribution in [0.5, 0.6) is 17.2 Å². The van der Waals surface area contributed by atoms with Gasteiger partial charge in [-0.1, -0.05) is 19.8 Å². The molecule has 0 aromatic heterocycles. The molecule has 0 spiro atoms. The molecule has 1 N–H and O–H groups in total. The minimum atomic E-state index is 0.0558. The second-order valence-electron chi connectivity index (χ2n) is 4.73. The average molecular weight is 295 g/mol. The van der Waals surface area contributed by atoms with Gasteiger partial charge in [-0.25, -0.2) is 0 Å². The standard InChI is InChI=1S/C16H25NO4/c1-5-6-7-8-14(18)17-11-12-9-10-13(19-2)16(21-4)15(12)20-3/h9-10H,5-8,11H2,1-4H3,(H,17,18). The summed E-state index contributed by atoms with van der Waals surface area (Å²) >= 11 is 0. The van der Waals surface area contributed by atoms with Crippen molar-refractivity contribution in [3.05, 3.63) is 17.7 Å². The molecule has 0 atom stereocenters. The van der Waals surface area contributed by atoms with E-state index >= 15 is 0 Å². The molecule has 1 amide bonds. The quantitative estimate of drug-likeness (QED) is 0.712. The molecule has 0 radical (unpaired) electrons. The number of hydrogen-bond acceptors (Lipinski definition) is 4. The van der Waals surface area contributed by atoms with Crippen molar-refractivity contribution in [3.63, 3.8) is 0 Å². The van der Waals surface area contributed by atoms with Gasteiger partial charge < -0.3 is 19.5 Å². The van der Waals surface area contributed by atoms with Crippen molar-refractivity contribution in [2.24, 2.45) is 0 Å². The van der Waals surface area contributed by atoms with Crippen molar-refractivity contribution in [2.75, 3.05) is 21.3 Å². The van der Waals surface area contributed by atoms with Crippen LogP contribution in [0.3, 0.4) is 0 Å². The topological polar surface area (TPSA) is 56.8 Å². The van der Waals surface area contributed by atoms with E-state index in [2.05, 4.69) is 12.2 Å². The number of rotatable bonds is 9. The summed E-state index contributed by atoms with van der Waals surface area (Å²) in [5.41, 5.74) is 0.860. The van der Waals surface area contributed by atoms with Gasteiger partial charge in [0, 0.05) is 18.5 Å². The number of carbonyl (C=O) groups excluding carboxylic acids is 1.